The van der Waals surface area contributed by atoms with Crippen LogP contribution in [-0.4, -0.2) is 47.9 Å². The number of hydrogen-bond donors (Lipinski definition) is 2. The summed E-state index contributed by atoms with van der Waals surface area (Å²) in [6, 6.07) is 1.21. The number of likely N-dealkylation sites (N-methyl/N-ethyl adjacent to an activating group) is 1. The molecule has 0 saturated carbocycles. The van der Waals surface area contributed by atoms with E-state index in [0.29, 0.717) is 24.4 Å². The molecule has 2 amide bonds. The summed E-state index contributed by atoms with van der Waals surface area (Å²) in [5.74, 6) is 0.471. The second kappa shape index (κ2) is 6.34. The molecule has 2 bridgehead atoms. The Bertz CT molecular complexity index is 391. The number of fused-ring (bicyclic) bond motifs is 2. The van der Waals surface area contributed by atoms with Gasteiger partial charge in [-0.25, -0.2) is 0 Å². The van der Waals surface area contributed by atoms with Gasteiger partial charge in [-0.15, -0.1) is 0 Å². The number of carbonyl (C=O) groups is 2. The highest BCUT2D eigenvalue weighted by atomic mass is 16.2. The molecule has 5 heteroatoms. The molecule has 0 aliphatic carbocycles. The molecule has 2 rings (SSSR count). The van der Waals surface area contributed by atoms with Crippen molar-refractivity contribution < 1.29 is 9.59 Å². The molecule has 120 valence electrons. The van der Waals surface area contributed by atoms with Gasteiger partial charge in [-0.3, -0.25) is 9.59 Å². The lowest BCUT2D eigenvalue weighted by molar-refractivity contribution is -0.136. The minimum absolute atomic E-state index is 0.0883. The van der Waals surface area contributed by atoms with Crippen molar-refractivity contribution in [1.82, 2.24) is 15.5 Å². The monoisotopic (exact) mass is 295 g/mol. The fourth-order valence-corrected chi connectivity index (χ4v) is 3.51. The van der Waals surface area contributed by atoms with E-state index in [-0.39, 0.29) is 23.9 Å². The standard InChI is InChI=1S/C16H29N3O2/c1-16(2,3)18-14(20)10-19(4)15(21)9-11-7-12-5-6-13(8-11)17-12/h11-13,17H,5-10H2,1-4H3,(H,18,20). The second-order valence-electron chi connectivity index (χ2n) is 7.73. The van der Waals surface area contributed by atoms with Crippen molar-refractivity contribution in [1.29, 1.82) is 0 Å². The van der Waals surface area contributed by atoms with Gasteiger partial charge in [0.05, 0.1) is 6.54 Å². The lowest BCUT2D eigenvalue weighted by atomic mass is 9.89. The van der Waals surface area contributed by atoms with Gasteiger partial charge in [0.1, 0.15) is 0 Å². The molecular formula is C16H29N3O2. The van der Waals surface area contributed by atoms with Crippen LogP contribution in [0.5, 0.6) is 0 Å². The van der Waals surface area contributed by atoms with E-state index in [1.54, 1.807) is 11.9 Å². The summed E-state index contributed by atoms with van der Waals surface area (Å²) in [4.78, 5) is 25.7. The maximum atomic E-state index is 12.3. The molecule has 21 heavy (non-hydrogen) atoms. The van der Waals surface area contributed by atoms with Crippen molar-refractivity contribution in [2.24, 2.45) is 5.92 Å². The second-order valence-corrected chi connectivity index (χ2v) is 7.73. The van der Waals surface area contributed by atoms with Crippen LogP contribution < -0.4 is 10.6 Å². The van der Waals surface area contributed by atoms with Crippen LogP contribution >= 0.6 is 0 Å². The summed E-state index contributed by atoms with van der Waals surface area (Å²) in [5.41, 5.74) is -0.255. The van der Waals surface area contributed by atoms with E-state index < -0.39 is 0 Å². The molecule has 2 fully saturated rings. The molecule has 2 unspecified atom stereocenters. The summed E-state index contributed by atoms with van der Waals surface area (Å²) >= 11 is 0. The van der Waals surface area contributed by atoms with Gasteiger partial charge in [0.25, 0.3) is 0 Å². The van der Waals surface area contributed by atoms with Gasteiger partial charge in [0.2, 0.25) is 11.8 Å². The predicted octanol–water partition coefficient (Wildman–Crippen LogP) is 1.28. The van der Waals surface area contributed by atoms with Crippen molar-refractivity contribution in [3.05, 3.63) is 0 Å². The zero-order valence-corrected chi connectivity index (χ0v) is 13.7. The molecular weight excluding hydrogens is 266 g/mol. The van der Waals surface area contributed by atoms with Gasteiger partial charge in [-0.1, -0.05) is 0 Å². The largest absolute Gasteiger partial charge is 0.350 e. The smallest absolute Gasteiger partial charge is 0.240 e. The van der Waals surface area contributed by atoms with E-state index >= 15 is 0 Å². The van der Waals surface area contributed by atoms with Gasteiger partial charge in [-0.2, -0.15) is 0 Å². The van der Waals surface area contributed by atoms with Crippen molar-refractivity contribution in [2.75, 3.05) is 13.6 Å². The minimum Gasteiger partial charge on any atom is -0.350 e. The molecule has 2 saturated heterocycles. The maximum absolute atomic E-state index is 12.3. The first kappa shape index (κ1) is 16.3. The number of amides is 2. The Morgan fingerprint density at radius 3 is 2.29 bits per heavy atom. The third-order valence-corrected chi connectivity index (χ3v) is 4.35. The maximum Gasteiger partial charge on any atom is 0.240 e. The molecule has 2 N–H and O–H groups in total. The normalized spacial score (nSPS) is 28.3. The highest BCUT2D eigenvalue weighted by Crippen LogP contribution is 2.32. The first-order valence-corrected chi connectivity index (χ1v) is 8.04. The van der Waals surface area contributed by atoms with E-state index in [4.69, 9.17) is 0 Å². The third kappa shape index (κ3) is 4.99. The van der Waals surface area contributed by atoms with E-state index in [0.717, 1.165) is 12.8 Å². The fourth-order valence-electron chi connectivity index (χ4n) is 3.51. The summed E-state index contributed by atoms with van der Waals surface area (Å²) < 4.78 is 0. The Balaban J connectivity index is 1.76. The van der Waals surface area contributed by atoms with Gasteiger partial charge in [0, 0.05) is 31.1 Å². The molecule has 0 spiro atoms. The summed E-state index contributed by atoms with van der Waals surface area (Å²) in [6.45, 7) is 5.97. The van der Waals surface area contributed by atoms with Crippen LogP contribution in [0.3, 0.4) is 0 Å². The third-order valence-electron chi connectivity index (χ3n) is 4.35. The van der Waals surface area contributed by atoms with E-state index in [2.05, 4.69) is 10.6 Å². The zero-order chi connectivity index (χ0) is 15.6. The van der Waals surface area contributed by atoms with Gasteiger partial charge in [0.15, 0.2) is 0 Å². The van der Waals surface area contributed by atoms with Crippen LogP contribution in [0.4, 0.5) is 0 Å². The van der Waals surface area contributed by atoms with Gasteiger partial charge >= 0.3 is 0 Å². The first-order valence-electron chi connectivity index (χ1n) is 8.04. The molecule has 5 nitrogen and oxygen atoms in total. The number of piperidine rings is 1. The highest BCUT2D eigenvalue weighted by molar-refractivity contribution is 5.85. The van der Waals surface area contributed by atoms with Crippen LogP contribution in [0.25, 0.3) is 0 Å². The highest BCUT2D eigenvalue weighted by Gasteiger charge is 2.34. The fraction of sp³-hybridized carbons (Fsp3) is 0.875. The summed E-state index contributed by atoms with van der Waals surface area (Å²) in [5, 5.41) is 6.48. The lowest BCUT2D eigenvalue weighted by Crippen LogP contribution is -2.47. The molecule has 2 aliphatic rings. The van der Waals surface area contributed by atoms with Crippen LogP contribution in [0.2, 0.25) is 0 Å². The van der Waals surface area contributed by atoms with E-state index in [1.165, 1.54) is 12.8 Å². The number of carbonyl (C=O) groups excluding carboxylic acids is 2. The van der Waals surface area contributed by atoms with Crippen molar-refractivity contribution in [3.8, 4) is 0 Å². The Labute approximate surface area is 127 Å². The lowest BCUT2D eigenvalue weighted by Gasteiger charge is -2.30. The quantitative estimate of drug-likeness (QED) is 0.821. The molecule has 0 aromatic heterocycles. The van der Waals surface area contributed by atoms with Crippen LogP contribution in [0.15, 0.2) is 0 Å². The molecule has 0 radical (unpaired) electrons. The number of nitrogens with zero attached hydrogens (tertiary/aromatic N) is 1. The average Bonchev–Trinajstić information content (AvgIpc) is 2.66. The first-order chi connectivity index (χ1) is 9.73. The molecule has 0 aromatic carbocycles. The van der Waals surface area contributed by atoms with E-state index in [1.807, 2.05) is 20.8 Å². The summed E-state index contributed by atoms with van der Waals surface area (Å²) in [6.07, 6.45) is 5.28. The molecule has 2 heterocycles. The zero-order valence-electron chi connectivity index (χ0n) is 13.7. The van der Waals surface area contributed by atoms with Crippen LogP contribution in [0.1, 0.15) is 52.9 Å². The Hall–Kier alpha value is -1.10. The van der Waals surface area contributed by atoms with Gasteiger partial charge in [-0.05, 0) is 52.4 Å². The number of hydrogen-bond acceptors (Lipinski definition) is 3. The molecule has 2 aliphatic heterocycles. The number of nitrogens with one attached hydrogen (secondary N) is 2. The van der Waals surface area contributed by atoms with Gasteiger partial charge < -0.3 is 15.5 Å². The van der Waals surface area contributed by atoms with Crippen molar-refractivity contribution in [3.63, 3.8) is 0 Å². The average molecular weight is 295 g/mol. The van der Waals surface area contributed by atoms with E-state index in [9.17, 15) is 9.59 Å². The Morgan fingerprint density at radius 1 is 1.19 bits per heavy atom. The minimum atomic E-state index is -0.255. The van der Waals surface area contributed by atoms with Crippen LogP contribution in [-0.2, 0) is 9.59 Å². The van der Waals surface area contributed by atoms with Crippen molar-refractivity contribution in [2.45, 2.75) is 70.5 Å². The summed E-state index contributed by atoms with van der Waals surface area (Å²) in [7, 11) is 1.72. The molecule has 0 aromatic rings. The topological polar surface area (TPSA) is 61.4 Å². The van der Waals surface area contributed by atoms with Crippen LogP contribution in [0, 0.1) is 5.92 Å². The Morgan fingerprint density at radius 2 is 1.76 bits per heavy atom. The predicted molar refractivity (Wildman–Crippen MR) is 82.8 cm³/mol. The van der Waals surface area contributed by atoms with Crippen molar-refractivity contribution >= 4 is 11.8 Å². The Kier molecular flexibility index (Phi) is 4.91. The SMILES string of the molecule is CN(CC(=O)NC(C)(C)C)C(=O)CC1CC2CCC(C1)N2. The molecule has 2 atom stereocenters. The number of rotatable bonds is 4.